The number of carbonyl (C=O) groups excluding carboxylic acids is 3. The van der Waals surface area contributed by atoms with Gasteiger partial charge in [0.2, 0.25) is 11.8 Å². The predicted molar refractivity (Wildman–Crippen MR) is 123 cm³/mol. The molecule has 0 spiro atoms. The third-order valence-electron chi connectivity index (χ3n) is 6.65. The molecule has 3 rings (SSSR count). The van der Waals surface area contributed by atoms with E-state index in [1.165, 1.54) is 0 Å². The summed E-state index contributed by atoms with van der Waals surface area (Å²) in [6.45, 7) is 6.88. The Balaban J connectivity index is 1.42. The molecule has 176 valence electrons. The highest BCUT2D eigenvalue weighted by Crippen LogP contribution is 2.30. The molecule has 0 radical (unpaired) electrons. The van der Waals surface area contributed by atoms with E-state index in [1.807, 2.05) is 23.6 Å². The Bertz CT molecular complexity index is 825. The van der Waals surface area contributed by atoms with Crippen molar-refractivity contribution in [1.29, 1.82) is 0 Å². The number of nitrogens with two attached hydrogens (primary N) is 1. The van der Waals surface area contributed by atoms with Crippen molar-refractivity contribution in [3.05, 3.63) is 23.8 Å². The van der Waals surface area contributed by atoms with Gasteiger partial charge >= 0.3 is 0 Å². The zero-order valence-corrected chi connectivity index (χ0v) is 19.4. The smallest absolute Gasteiger partial charge is 0.253 e. The molecular weight excluding hydrogens is 408 g/mol. The zero-order valence-electron chi connectivity index (χ0n) is 19.4. The molecule has 32 heavy (non-hydrogen) atoms. The highest BCUT2D eigenvalue weighted by molar-refractivity contribution is 5.99. The SMILES string of the molecule is COc1ccc(N)c(C(=O)NCC2CCC(C(=O)N3CCN(C(=O)C(C)C)CC3)CC2)c1. The van der Waals surface area contributed by atoms with E-state index >= 15 is 0 Å². The Labute approximate surface area is 190 Å². The molecular formula is C24H36N4O4. The van der Waals surface area contributed by atoms with Crippen LogP contribution in [0.2, 0.25) is 0 Å². The first kappa shape index (κ1) is 23.9. The van der Waals surface area contributed by atoms with Crippen LogP contribution in [0.15, 0.2) is 18.2 Å². The van der Waals surface area contributed by atoms with Gasteiger partial charge in [-0.15, -0.1) is 0 Å². The maximum atomic E-state index is 12.9. The Kier molecular flexibility index (Phi) is 7.99. The fraction of sp³-hybridized carbons (Fsp3) is 0.625. The monoisotopic (exact) mass is 444 g/mol. The molecule has 0 aromatic heterocycles. The Morgan fingerprint density at radius 1 is 1.06 bits per heavy atom. The third-order valence-corrected chi connectivity index (χ3v) is 6.65. The van der Waals surface area contributed by atoms with Gasteiger partial charge in [0.15, 0.2) is 0 Å². The molecule has 3 amide bonds. The van der Waals surface area contributed by atoms with Gasteiger partial charge < -0.3 is 25.6 Å². The molecule has 2 aliphatic rings. The van der Waals surface area contributed by atoms with Crippen LogP contribution in [0, 0.1) is 17.8 Å². The second-order valence-electron chi connectivity index (χ2n) is 9.19. The second-order valence-corrected chi connectivity index (χ2v) is 9.19. The van der Waals surface area contributed by atoms with Crippen molar-refractivity contribution in [1.82, 2.24) is 15.1 Å². The van der Waals surface area contributed by atoms with Gasteiger partial charge in [0.25, 0.3) is 5.91 Å². The van der Waals surface area contributed by atoms with Crippen molar-refractivity contribution in [3.8, 4) is 5.75 Å². The van der Waals surface area contributed by atoms with Gasteiger partial charge in [0, 0.05) is 50.2 Å². The van der Waals surface area contributed by atoms with Crippen molar-refractivity contribution in [2.24, 2.45) is 17.8 Å². The summed E-state index contributed by atoms with van der Waals surface area (Å²) in [7, 11) is 1.55. The summed E-state index contributed by atoms with van der Waals surface area (Å²) >= 11 is 0. The van der Waals surface area contributed by atoms with Crippen LogP contribution in [-0.4, -0.2) is 67.4 Å². The van der Waals surface area contributed by atoms with Gasteiger partial charge in [-0.1, -0.05) is 13.8 Å². The van der Waals surface area contributed by atoms with Gasteiger partial charge in [-0.2, -0.15) is 0 Å². The van der Waals surface area contributed by atoms with Crippen molar-refractivity contribution in [3.63, 3.8) is 0 Å². The molecule has 0 atom stereocenters. The Hall–Kier alpha value is -2.77. The fourth-order valence-corrected chi connectivity index (χ4v) is 4.58. The lowest BCUT2D eigenvalue weighted by atomic mass is 9.81. The van der Waals surface area contributed by atoms with E-state index in [2.05, 4.69) is 5.32 Å². The molecule has 3 N–H and O–H groups in total. The summed E-state index contributed by atoms with van der Waals surface area (Å²) in [6, 6.07) is 5.05. The molecule has 1 aromatic carbocycles. The van der Waals surface area contributed by atoms with Crippen molar-refractivity contribution in [2.75, 3.05) is 45.6 Å². The van der Waals surface area contributed by atoms with Crippen LogP contribution >= 0.6 is 0 Å². The lowest BCUT2D eigenvalue weighted by molar-refractivity contribution is -0.144. The summed E-state index contributed by atoms with van der Waals surface area (Å²) in [5, 5.41) is 2.99. The highest BCUT2D eigenvalue weighted by Gasteiger charge is 2.32. The predicted octanol–water partition coefficient (Wildman–Crippen LogP) is 2.14. The molecule has 8 heteroatoms. The first-order chi connectivity index (χ1) is 15.3. The van der Waals surface area contributed by atoms with E-state index in [9.17, 15) is 14.4 Å². The first-order valence-corrected chi connectivity index (χ1v) is 11.6. The number of nitrogen functional groups attached to an aromatic ring is 1. The molecule has 2 fully saturated rings. The minimum atomic E-state index is -0.201. The number of hydrogen-bond acceptors (Lipinski definition) is 5. The molecule has 0 unspecified atom stereocenters. The van der Waals surface area contributed by atoms with E-state index in [4.69, 9.17) is 10.5 Å². The minimum absolute atomic E-state index is 0.00613. The van der Waals surface area contributed by atoms with Crippen LogP contribution in [0.25, 0.3) is 0 Å². The van der Waals surface area contributed by atoms with Crippen LogP contribution in [0.3, 0.4) is 0 Å². The van der Waals surface area contributed by atoms with Gasteiger partial charge in [-0.25, -0.2) is 0 Å². The van der Waals surface area contributed by atoms with Gasteiger partial charge in [-0.3, -0.25) is 14.4 Å². The van der Waals surface area contributed by atoms with Crippen LogP contribution in [0.4, 0.5) is 5.69 Å². The van der Waals surface area contributed by atoms with E-state index < -0.39 is 0 Å². The third kappa shape index (κ3) is 5.72. The maximum Gasteiger partial charge on any atom is 0.253 e. The summed E-state index contributed by atoms with van der Waals surface area (Å²) in [5.74, 6) is 1.17. The Morgan fingerprint density at radius 2 is 1.69 bits per heavy atom. The number of rotatable bonds is 6. The summed E-state index contributed by atoms with van der Waals surface area (Å²) in [5.41, 5.74) is 6.78. The Morgan fingerprint density at radius 3 is 2.28 bits per heavy atom. The molecule has 1 aliphatic carbocycles. The number of nitrogens with one attached hydrogen (secondary N) is 1. The summed E-state index contributed by atoms with van der Waals surface area (Å²) in [4.78, 5) is 41.4. The number of carbonyl (C=O) groups is 3. The summed E-state index contributed by atoms with van der Waals surface area (Å²) < 4.78 is 5.18. The van der Waals surface area contributed by atoms with Crippen LogP contribution in [-0.2, 0) is 9.59 Å². The number of ether oxygens (including phenoxy) is 1. The quantitative estimate of drug-likeness (QED) is 0.654. The standard InChI is InChI=1S/C24H36N4O4/c1-16(2)23(30)27-10-12-28(13-11-27)24(31)18-6-4-17(5-7-18)15-26-22(29)20-14-19(32-3)8-9-21(20)25/h8-9,14,16-18H,4-7,10-13,15,25H2,1-3H3,(H,26,29). The molecule has 1 saturated carbocycles. The minimum Gasteiger partial charge on any atom is -0.497 e. The van der Waals surface area contributed by atoms with E-state index in [0.29, 0.717) is 55.6 Å². The number of hydrogen-bond donors (Lipinski definition) is 2. The van der Waals surface area contributed by atoms with E-state index in [1.54, 1.807) is 25.3 Å². The normalized spacial score (nSPS) is 21.4. The second kappa shape index (κ2) is 10.7. The van der Waals surface area contributed by atoms with Gasteiger partial charge in [0.1, 0.15) is 5.75 Å². The maximum absolute atomic E-state index is 12.9. The van der Waals surface area contributed by atoms with Crippen LogP contribution < -0.4 is 15.8 Å². The average molecular weight is 445 g/mol. The number of amides is 3. The van der Waals surface area contributed by atoms with Gasteiger partial charge in [0.05, 0.1) is 12.7 Å². The highest BCUT2D eigenvalue weighted by atomic mass is 16.5. The average Bonchev–Trinajstić information content (AvgIpc) is 2.82. The van der Waals surface area contributed by atoms with E-state index in [0.717, 1.165) is 25.7 Å². The lowest BCUT2D eigenvalue weighted by Crippen LogP contribution is -2.53. The zero-order chi connectivity index (χ0) is 23.3. The fourth-order valence-electron chi connectivity index (χ4n) is 4.58. The number of methoxy groups -OCH3 is 1. The van der Waals surface area contributed by atoms with Crippen LogP contribution in [0.5, 0.6) is 5.75 Å². The first-order valence-electron chi connectivity index (χ1n) is 11.6. The molecule has 0 bridgehead atoms. The van der Waals surface area contributed by atoms with Gasteiger partial charge in [-0.05, 0) is 49.8 Å². The van der Waals surface area contributed by atoms with Crippen molar-refractivity contribution >= 4 is 23.4 Å². The van der Waals surface area contributed by atoms with Crippen LogP contribution in [0.1, 0.15) is 49.9 Å². The molecule has 1 saturated heterocycles. The number of anilines is 1. The number of nitrogens with zero attached hydrogens (tertiary/aromatic N) is 2. The largest absolute Gasteiger partial charge is 0.497 e. The summed E-state index contributed by atoms with van der Waals surface area (Å²) in [6.07, 6.45) is 3.50. The number of benzene rings is 1. The molecule has 1 aromatic rings. The van der Waals surface area contributed by atoms with Crippen molar-refractivity contribution < 1.29 is 19.1 Å². The lowest BCUT2D eigenvalue weighted by Gasteiger charge is -2.38. The molecule has 1 aliphatic heterocycles. The molecule has 1 heterocycles. The molecule has 8 nitrogen and oxygen atoms in total. The van der Waals surface area contributed by atoms with Crippen molar-refractivity contribution in [2.45, 2.75) is 39.5 Å². The number of piperazine rings is 1. The van der Waals surface area contributed by atoms with E-state index in [-0.39, 0.29) is 29.6 Å². The topological polar surface area (TPSA) is 105 Å².